The number of likely N-dealkylation sites (tertiary alicyclic amines) is 1. The largest absolute Gasteiger partial charge is 0.334 e. The molecule has 1 unspecified atom stereocenters. The summed E-state index contributed by atoms with van der Waals surface area (Å²) in [7, 11) is 0. The smallest absolute Gasteiger partial charge is 0.272 e. The first-order valence-corrected chi connectivity index (χ1v) is 10.3. The van der Waals surface area contributed by atoms with Crippen LogP contribution < -0.4 is 0 Å². The van der Waals surface area contributed by atoms with Crippen molar-refractivity contribution < 1.29 is 9.59 Å². The molecule has 2 aromatic rings. The van der Waals surface area contributed by atoms with Crippen molar-refractivity contribution in [1.29, 1.82) is 0 Å². The van der Waals surface area contributed by atoms with Crippen LogP contribution in [0.25, 0.3) is 0 Å². The van der Waals surface area contributed by atoms with E-state index in [-0.39, 0.29) is 17.9 Å². The molecule has 2 aliphatic heterocycles. The van der Waals surface area contributed by atoms with Gasteiger partial charge in [-0.2, -0.15) is 0 Å². The number of piperidine rings is 1. The average Bonchev–Trinajstić information content (AvgIpc) is 2.77. The number of hydrogen-bond acceptors (Lipinski definition) is 3. The van der Waals surface area contributed by atoms with E-state index in [0.29, 0.717) is 24.3 Å². The van der Waals surface area contributed by atoms with Crippen molar-refractivity contribution in [2.24, 2.45) is 0 Å². The minimum Gasteiger partial charge on any atom is -0.334 e. The van der Waals surface area contributed by atoms with Gasteiger partial charge in [-0.3, -0.25) is 14.6 Å². The highest BCUT2D eigenvalue weighted by molar-refractivity contribution is 5.98. The Labute approximate surface area is 166 Å². The van der Waals surface area contributed by atoms with Gasteiger partial charge < -0.3 is 9.80 Å². The van der Waals surface area contributed by atoms with E-state index in [1.54, 1.807) is 18.3 Å². The van der Waals surface area contributed by atoms with Crippen LogP contribution in [0.1, 0.15) is 64.6 Å². The number of rotatable bonds is 3. The van der Waals surface area contributed by atoms with Gasteiger partial charge in [-0.25, -0.2) is 0 Å². The molecule has 1 aromatic carbocycles. The molecule has 5 nitrogen and oxygen atoms in total. The van der Waals surface area contributed by atoms with Crippen LogP contribution in [0.3, 0.4) is 0 Å². The lowest BCUT2D eigenvalue weighted by molar-refractivity contribution is 0.0602. The minimum atomic E-state index is -0.0508. The summed E-state index contributed by atoms with van der Waals surface area (Å²) in [4.78, 5) is 34.2. The van der Waals surface area contributed by atoms with Gasteiger partial charge in [0.05, 0.1) is 0 Å². The summed E-state index contributed by atoms with van der Waals surface area (Å²) in [5.41, 5.74) is 3.44. The lowest BCUT2D eigenvalue weighted by Gasteiger charge is -2.35. The molecule has 1 fully saturated rings. The van der Waals surface area contributed by atoms with Crippen molar-refractivity contribution in [2.45, 2.75) is 51.6 Å². The molecular formula is C23H27N3O2. The number of nitrogens with zero attached hydrogens (tertiary/aromatic N) is 3. The van der Waals surface area contributed by atoms with Crippen LogP contribution >= 0.6 is 0 Å². The molecule has 146 valence electrons. The first-order chi connectivity index (χ1) is 13.7. The minimum absolute atomic E-state index is 0.0309. The summed E-state index contributed by atoms with van der Waals surface area (Å²) < 4.78 is 0. The quantitative estimate of drug-likeness (QED) is 0.820. The molecule has 3 heterocycles. The van der Waals surface area contributed by atoms with E-state index < -0.39 is 0 Å². The van der Waals surface area contributed by atoms with Gasteiger partial charge in [0, 0.05) is 37.4 Å². The van der Waals surface area contributed by atoms with Crippen molar-refractivity contribution in [3.63, 3.8) is 0 Å². The van der Waals surface area contributed by atoms with Gasteiger partial charge in [0.2, 0.25) is 0 Å². The maximum atomic E-state index is 13.1. The van der Waals surface area contributed by atoms with Crippen molar-refractivity contribution in [2.75, 3.05) is 13.1 Å². The Balaban J connectivity index is 1.52. The van der Waals surface area contributed by atoms with Gasteiger partial charge in [0.1, 0.15) is 5.69 Å². The predicted octanol–water partition coefficient (Wildman–Crippen LogP) is 3.68. The predicted molar refractivity (Wildman–Crippen MR) is 108 cm³/mol. The van der Waals surface area contributed by atoms with E-state index in [0.717, 1.165) is 32.2 Å². The molecule has 1 saturated heterocycles. The van der Waals surface area contributed by atoms with Crippen LogP contribution in [0.4, 0.5) is 0 Å². The van der Waals surface area contributed by atoms with Gasteiger partial charge in [-0.15, -0.1) is 0 Å². The molecule has 0 bridgehead atoms. The Morgan fingerprint density at radius 2 is 1.89 bits per heavy atom. The number of aromatic nitrogens is 1. The molecular weight excluding hydrogens is 350 g/mol. The van der Waals surface area contributed by atoms with E-state index in [9.17, 15) is 9.59 Å². The summed E-state index contributed by atoms with van der Waals surface area (Å²) in [6.07, 6.45) is 6.66. The number of carbonyl (C=O) groups is 2. The zero-order chi connectivity index (χ0) is 19.5. The lowest BCUT2D eigenvalue weighted by Crippen LogP contribution is -2.43. The molecule has 0 radical (unpaired) electrons. The molecule has 0 N–H and O–H groups in total. The van der Waals surface area contributed by atoms with Gasteiger partial charge in [0.15, 0.2) is 0 Å². The van der Waals surface area contributed by atoms with Crippen molar-refractivity contribution >= 4 is 11.8 Å². The fourth-order valence-electron chi connectivity index (χ4n) is 4.37. The number of fused-ring (bicyclic) bond motifs is 1. The summed E-state index contributed by atoms with van der Waals surface area (Å²) in [5.74, 6) is -0.0816. The number of amides is 2. The van der Waals surface area contributed by atoms with Gasteiger partial charge in [0.25, 0.3) is 11.8 Å². The molecule has 5 heteroatoms. The number of pyridine rings is 1. The Morgan fingerprint density at radius 1 is 1.07 bits per heavy atom. The second kappa shape index (κ2) is 8.13. The molecule has 0 spiro atoms. The lowest BCUT2D eigenvalue weighted by atomic mass is 9.98. The molecule has 28 heavy (non-hydrogen) atoms. The monoisotopic (exact) mass is 377 g/mol. The van der Waals surface area contributed by atoms with E-state index in [4.69, 9.17) is 0 Å². The molecule has 4 rings (SSSR count). The first-order valence-electron chi connectivity index (χ1n) is 10.3. The van der Waals surface area contributed by atoms with Crippen LogP contribution in [-0.4, -0.2) is 45.7 Å². The molecule has 0 aliphatic carbocycles. The Bertz CT molecular complexity index is 880. The third kappa shape index (κ3) is 3.66. The van der Waals surface area contributed by atoms with Gasteiger partial charge in [-0.1, -0.05) is 31.2 Å². The topological polar surface area (TPSA) is 53.5 Å². The molecule has 2 amide bonds. The number of hydrogen-bond donors (Lipinski definition) is 0. The summed E-state index contributed by atoms with van der Waals surface area (Å²) in [5, 5.41) is 0. The molecule has 0 saturated carbocycles. The zero-order valence-electron chi connectivity index (χ0n) is 16.4. The van der Waals surface area contributed by atoms with E-state index >= 15 is 0 Å². The van der Waals surface area contributed by atoms with Crippen LogP contribution in [-0.2, 0) is 13.0 Å². The molecule has 1 atom stereocenters. The van der Waals surface area contributed by atoms with Crippen LogP contribution in [0.2, 0.25) is 0 Å². The van der Waals surface area contributed by atoms with Crippen molar-refractivity contribution in [3.05, 3.63) is 65.0 Å². The Hall–Kier alpha value is -2.69. The van der Waals surface area contributed by atoms with Crippen LogP contribution in [0, 0.1) is 0 Å². The second-order valence-electron chi connectivity index (χ2n) is 7.73. The Morgan fingerprint density at radius 3 is 2.71 bits per heavy atom. The zero-order valence-corrected chi connectivity index (χ0v) is 16.4. The highest BCUT2D eigenvalue weighted by atomic mass is 16.2. The number of benzene rings is 1. The maximum absolute atomic E-state index is 13.1. The van der Waals surface area contributed by atoms with Crippen LogP contribution in [0.15, 0.2) is 42.6 Å². The van der Waals surface area contributed by atoms with Crippen molar-refractivity contribution in [3.8, 4) is 0 Å². The highest BCUT2D eigenvalue weighted by Crippen LogP contribution is 2.23. The summed E-state index contributed by atoms with van der Waals surface area (Å²) in [6, 6.07) is 11.9. The normalized spacial score (nSPS) is 19.2. The SMILES string of the molecule is CCC1CCCCN1C(=O)c1cc(C(=O)N2CCc3ccccc3C2)ccn1. The third-order valence-corrected chi connectivity index (χ3v) is 6.00. The van der Waals surface area contributed by atoms with E-state index in [1.165, 1.54) is 17.5 Å². The summed E-state index contributed by atoms with van der Waals surface area (Å²) in [6.45, 7) is 4.22. The first kappa shape index (κ1) is 18.7. The Kier molecular flexibility index (Phi) is 5.42. The van der Waals surface area contributed by atoms with Crippen molar-refractivity contribution in [1.82, 2.24) is 14.8 Å². The van der Waals surface area contributed by atoms with Gasteiger partial charge >= 0.3 is 0 Å². The fraction of sp³-hybridized carbons (Fsp3) is 0.435. The average molecular weight is 377 g/mol. The fourth-order valence-corrected chi connectivity index (χ4v) is 4.37. The van der Waals surface area contributed by atoms with Gasteiger partial charge in [-0.05, 0) is 55.4 Å². The number of carbonyl (C=O) groups excluding carboxylic acids is 2. The van der Waals surface area contributed by atoms with E-state index in [1.807, 2.05) is 21.9 Å². The maximum Gasteiger partial charge on any atom is 0.272 e. The van der Waals surface area contributed by atoms with Crippen LogP contribution in [0.5, 0.6) is 0 Å². The molecule has 2 aliphatic rings. The second-order valence-corrected chi connectivity index (χ2v) is 7.73. The van der Waals surface area contributed by atoms with E-state index in [2.05, 4.69) is 24.0 Å². The summed E-state index contributed by atoms with van der Waals surface area (Å²) >= 11 is 0. The third-order valence-electron chi connectivity index (χ3n) is 6.00. The standard InChI is InChI=1S/C23H27N3O2/c1-2-20-9-5-6-13-26(20)23(28)21-15-18(10-12-24-21)22(27)25-14-11-17-7-3-4-8-19(17)16-25/h3-4,7-8,10,12,15,20H,2,5-6,9,11,13-14,16H2,1H3. The molecule has 1 aromatic heterocycles. The highest BCUT2D eigenvalue weighted by Gasteiger charge is 2.28.